The summed E-state index contributed by atoms with van der Waals surface area (Å²) in [6, 6.07) is 9.61. The summed E-state index contributed by atoms with van der Waals surface area (Å²) in [5.74, 6) is -1.89. The summed E-state index contributed by atoms with van der Waals surface area (Å²) in [7, 11) is 0. The van der Waals surface area contributed by atoms with Crippen molar-refractivity contribution in [2.75, 3.05) is 5.32 Å². The fourth-order valence-electron chi connectivity index (χ4n) is 2.86. The van der Waals surface area contributed by atoms with Crippen LogP contribution in [0.5, 0.6) is 0 Å². The predicted molar refractivity (Wildman–Crippen MR) is 97.7 cm³/mol. The number of aromatic nitrogens is 6. The molecule has 8 nitrogen and oxygen atoms in total. The van der Waals surface area contributed by atoms with E-state index in [0.29, 0.717) is 22.3 Å². The Hall–Kier alpha value is -3.83. The van der Waals surface area contributed by atoms with Crippen molar-refractivity contribution in [3.63, 3.8) is 0 Å². The second-order valence-corrected chi connectivity index (χ2v) is 6.32. The molecular formula is C18H13F4N7O. The van der Waals surface area contributed by atoms with E-state index in [9.17, 15) is 22.4 Å². The number of pyridine rings is 1. The molecule has 0 saturated heterocycles. The first kappa shape index (κ1) is 19.5. The van der Waals surface area contributed by atoms with Gasteiger partial charge in [0.15, 0.2) is 11.5 Å². The van der Waals surface area contributed by atoms with Crippen LogP contribution in [0.3, 0.4) is 0 Å². The zero-order valence-electron chi connectivity index (χ0n) is 15.1. The molecule has 3 aromatic heterocycles. The van der Waals surface area contributed by atoms with Gasteiger partial charge in [-0.15, -0.1) is 5.10 Å². The minimum atomic E-state index is -4.64. The summed E-state index contributed by atoms with van der Waals surface area (Å²) in [5.41, 5.74) is 1.16. The Kier molecular flexibility index (Phi) is 4.90. The van der Waals surface area contributed by atoms with Crippen LogP contribution in [0.1, 0.15) is 12.0 Å². The highest BCUT2D eigenvalue weighted by Crippen LogP contribution is 2.26. The number of nitrogens with one attached hydrogen (secondary N) is 2. The minimum absolute atomic E-state index is 0.101. The molecule has 154 valence electrons. The van der Waals surface area contributed by atoms with Gasteiger partial charge in [0.2, 0.25) is 11.9 Å². The van der Waals surface area contributed by atoms with Crippen LogP contribution in [0.25, 0.3) is 22.6 Å². The highest BCUT2D eigenvalue weighted by molar-refractivity contribution is 5.91. The first-order chi connectivity index (χ1) is 14.3. The lowest BCUT2D eigenvalue weighted by Crippen LogP contribution is -2.21. The van der Waals surface area contributed by atoms with Crippen LogP contribution in [-0.4, -0.2) is 42.0 Å². The third-order valence-corrected chi connectivity index (χ3v) is 4.11. The van der Waals surface area contributed by atoms with Crippen LogP contribution in [0.4, 0.5) is 23.5 Å². The maximum atomic E-state index is 14.0. The van der Waals surface area contributed by atoms with Crippen LogP contribution in [0.2, 0.25) is 0 Å². The molecule has 0 atom stereocenters. The van der Waals surface area contributed by atoms with Crippen molar-refractivity contribution >= 4 is 22.9 Å². The van der Waals surface area contributed by atoms with E-state index in [2.05, 4.69) is 25.3 Å². The van der Waals surface area contributed by atoms with E-state index >= 15 is 0 Å². The molecule has 0 spiro atoms. The van der Waals surface area contributed by atoms with Crippen molar-refractivity contribution in [2.45, 2.75) is 19.1 Å². The average Bonchev–Trinajstić information content (AvgIpc) is 3.27. The topological polar surface area (TPSA) is 101 Å². The number of rotatable bonds is 5. The van der Waals surface area contributed by atoms with E-state index in [1.54, 1.807) is 36.5 Å². The highest BCUT2D eigenvalue weighted by atomic mass is 19.4. The Morgan fingerprint density at radius 3 is 2.73 bits per heavy atom. The maximum absolute atomic E-state index is 14.0. The zero-order valence-corrected chi connectivity index (χ0v) is 15.1. The van der Waals surface area contributed by atoms with E-state index in [1.165, 1.54) is 10.7 Å². The van der Waals surface area contributed by atoms with Gasteiger partial charge in [-0.2, -0.15) is 23.3 Å². The molecule has 12 heteroatoms. The Morgan fingerprint density at radius 1 is 1.17 bits per heavy atom. The number of amides is 1. The molecule has 1 aromatic carbocycles. The Morgan fingerprint density at radius 2 is 1.97 bits per heavy atom. The van der Waals surface area contributed by atoms with Crippen molar-refractivity contribution < 1.29 is 22.4 Å². The molecule has 0 unspecified atom stereocenters. The summed E-state index contributed by atoms with van der Waals surface area (Å²) >= 11 is 0. The third kappa shape index (κ3) is 4.11. The Balaban J connectivity index is 1.65. The molecule has 0 aliphatic carbocycles. The number of fused-ring (bicyclic) bond motifs is 1. The summed E-state index contributed by atoms with van der Waals surface area (Å²) in [4.78, 5) is 19.7. The van der Waals surface area contributed by atoms with E-state index in [4.69, 9.17) is 0 Å². The van der Waals surface area contributed by atoms with Crippen molar-refractivity contribution in [2.24, 2.45) is 0 Å². The molecule has 0 bridgehead atoms. The molecule has 30 heavy (non-hydrogen) atoms. The maximum Gasteiger partial charge on any atom is 0.397 e. The fourth-order valence-corrected chi connectivity index (χ4v) is 2.86. The summed E-state index contributed by atoms with van der Waals surface area (Å²) < 4.78 is 52.4. The van der Waals surface area contributed by atoms with Crippen molar-refractivity contribution in [3.8, 4) is 11.5 Å². The lowest BCUT2D eigenvalue weighted by Gasteiger charge is -2.04. The molecular weight excluding hydrogens is 406 g/mol. The minimum Gasteiger partial charge on any atom is -0.293 e. The van der Waals surface area contributed by atoms with Crippen molar-refractivity contribution in [3.05, 3.63) is 54.0 Å². The lowest BCUT2D eigenvalue weighted by molar-refractivity contribution is -0.150. The largest absolute Gasteiger partial charge is 0.397 e. The molecule has 2 N–H and O–H groups in total. The van der Waals surface area contributed by atoms with Crippen LogP contribution < -0.4 is 5.32 Å². The van der Waals surface area contributed by atoms with Crippen LogP contribution in [-0.2, 0) is 11.3 Å². The van der Waals surface area contributed by atoms with Crippen molar-refractivity contribution in [1.29, 1.82) is 0 Å². The molecule has 0 aliphatic rings. The number of benzene rings is 1. The summed E-state index contributed by atoms with van der Waals surface area (Å²) in [6.45, 7) is 0.101. The number of hydrogen-bond donors (Lipinski definition) is 2. The quantitative estimate of drug-likeness (QED) is 0.484. The molecule has 0 aliphatic heterocycles. The predicted octanol–water partition coefficient (Wildman–Crippen LogP) is 3.29. The van der Waals surface area contributed by atoms with Crippen LogP contribution >= 0.6 is 0 Å². The van der Waals surface area contributed by atoms with Gasteiger partial charge >= 0.3 is 6.18 Å². The first-order valence-corrected chi connectivity index (χ1v) is 8.64. The number of alkyl halides is 3. The molecule has 4 rings (SSSR count). The third-order valence-electron chi connectivity index (χ3n) is 4.11. The molecule has 0 saturated carbocycles. The van der Waals surface area contributed by atoms with Gasteiger partial charge in [0.1, 0.15) is 17.9 Å². The number of halogens is 4. The van der Waals surface area contributed by atoms with Gasteiger partial charge in [-0.3, -0.25) is 15.2 Å². The molecule has 4 aromatic rings. The van der Waals surface area contributed by atoms with E-state index in [0.717, 1.165) is 0 Å². The van der Waals surface area contributed by atoms with Gasteiger partial charge in [-0.1, -0.05) is 18.2 Å². The number of hydrogen-bond acceptors (Lipinski definition) is 5. The second-order valence-electron chi connectivity index (χ2n) is 6.32. The average molecular weight is 419 g/mol. The molecule has 1 amide bonds. The van der Waals surface area contributed by atoms with E-state index < -0.39 is 24.3 Å². The fraction of sp³-hybridized carbons (Fsp3) is 0.167. The number of H-pyrrole nitrogens is 1. The van der Waals surface area contributed by atoms with Gasteiger partial charge in [-0.05, 0) is 18.2 Å². The summed E-state index contributed by atoms with van der Waals surface area (Å²) in [5, 5.41) is 13.2. The van der Waals surface area contributed by atoms with E-state index in [1.807, 2.05) is 5.32 Å². The molecule has 3 heterocycles. The standard InChI is InChI=1S/C18H13F4N7O/c19-12-6-2-1-4-10(12)9-29-16-11(5-3-7-23-16)14(28-29)15-25-17(27-26-15)24-13(30)8-18(20,21)22/h1-7H,8-9H2,(H2,24,25,26,27,30). The van der Waals surface area contributed by atoms with Gasteiger partial charge < -0.3 is 0 Å². The van der Waals surface area contributed by atoms with Crippen molar-refractivity contribution in [1.82, 2.24) is 29.9 Å². The number of carbonyl (C=O) groups excluding carboxylic acids is 1. The van der Waals surface area contributed by atoms with Crippen LogP contribution in [0.15, 0.2) is 42.6 Å². The summed E-state index contributed by atoms with van der Waals surface area (Å²) in [6.07, 6.45) is -4.74. The van der Waals surface area contributed by atoms with Gasteiger partial charge in [0.25, 0.3) is 0 Å². The smallest absolute Gasteiger partial charge is 0.293 e. The van der Waals surface area contributed by atoms with E-state index in [-0.39, 0.29) is 18.3 Å². The van der Waals surface area contributed by atoms with Crippen LogP contribution in [0, 0.1) is 5.82 Å². The van der Waals surface area contributed by atoms with Gasteiger partial charge in [-0.25, -0.2) is 14.1 Å². The zero-order chi connectivity index (χ0) is 21.3. The second kappa shape index (κ2) is 7.54. The highest BCUT2D eigenvalue weighted by Gasteiger charge is 2.31. The monoisotopic (exact) mass is 419 g/mol. The number of anilines is 1. The number of carbonyl (C=O) groups is 1. The number of aromatic amines is 1. The lowest BCUT2D eigenvalue weighted by atomic mass is 10.2. The Bertz CT molecular complexity index is 1210. The SMILES string of the molecule is O=C(CC(F)(F)F)Nc1n[nH]c(-c2nn(Cc3ccccc3F)c3ncccc23)n1. The van der Waals surface area contributed by atoms with Gasteiger partial charge in [0, 0.05) is 11.8 Å². The normalized spacial score (nSPS) is 11.7. The number of nitrogens with zero attached hydrogens (tertiary/aromatic N) is 5. The van der Waals surface area contributed by atoms with Gasteiger partial charge in [0.05, 0.1) is 11.9 Å². The molecule has 0 radical (unpaired) electrons. The Labute approximate surface area is 166 Å². The molecule has 0 fully saturated rings. The first-order valence-electron chi connectivity index (χ1n) is 8.64.